The number of nitrogens with one attached hydrogen (secondary N) is 3. The third-order valence-electron chi connectivity index (χ3n) is 4.49. The monoisotopic (exact) mass is 374 g/mol. The van der Waals surface area contributed by atoms with E-state index >= 15 is 0 Å². The SMILES string of the molecule is Cc1ccc(NC(=O)Cn2cc(/C=C3\NC(=O)NC3=O)c3ccccc32)cc1. The molecular weight excluding hydrogens is 356 g/mol. The van der Waals surface area contributed by atoms with Crippen molar-refractivity contribution in [3.63, 3.8) is 0 Å². The number of hydrogen-bond donors (Lipinski definition) is 3. The minimum atomic E-state index is -0.544. The number of urea groups is 1. The molecule has 1 saturated heterocycles. The fraction of sp³-hybridized carbons (Fsp3) is 0.0952. The van der Waals surface area contributed by atoms with Crippen molar-refractivity contribution in [1.82, 2.24) is 15.2 Å². The summed E-state index contributed by atoms with van der Waals surface area (Å²) in [5.74, 6) is -0.630. The largest absolute Gasteiger partial charge is 0.337 e. The van der Waals surface area contributed by atoms with Crippen molar-refractivity contribution in [3.8, 4) is 0 Å². The number of carbonyl (C=O) groups excluding carboxylic acids is 3. The number of hydrogen-bond acceptors (Lipinski definition) is 3. The van der Waals surface area contributed by atoms with Gasteiger partial charge in [-0.25, -0.2) is 4.79 Å². The van der Waals surface area contributed by atoms with Crippen molar-refractivity contribution in [1.29, 1.82) is 0 Å². The maximum atomic E-state index is 12.5. The Morgan fingerprint density at radius 3 is 2.54 bits per heavy atom. The Hall–Kier alpha value is -3.87. The highest BCUT2D eigenvalue weighted by atomic mass is 16.2. The van der Waals surface area contributed by atoms with Crippen LogP contribution >= 0.6 is 0 Å². The molecule has 1 fully saturated rings. The van der Waals surface area contributed by atoms with Gasteiger partial charge in [0.05, 0.1) is 0 Å². The first kappa shape index (κ1) is 17.5. The number of rotatable bonds is 4. The summed E-state index contributed by atoms with van der Waals surface area (Å²) < 4.78 is 1.82. The van der Waals surface area contributed by atoms with E-state index in [2.05, 4.69) is 16.0 Å². The molecule has 2 aromatic carbocycles. The minimum absolute atomic E-state index is 0.121. The molecule has 0 radical (unpaired) electrons. The quantitative estimate of drug-likeness (QED) is 0.484. The van der Waals surface area contributed by atoms with Crippen molar-refractivity contribution in [2.75, 3.05) is 5.32 Å². The number of aryl methyl sites for hydroxylation is 1. The van der Waals surface area contributed by atoms with Crippen LogP contribution in [0.1, 0.15) is 11.1 Å². The molecule has 1 aliphatic heterocycles. The normalized spacial score (nSPS) is 15.0. The van der Waals surface area contributed by atoms with E-state index in [4.69, 9.17) is 0 Å². The van der Waals surface area contributed by atoms with Gasteiger partial charge in [-0.05, 0) is 31.2 Å². The van der Waals surface area contributed by atoms with E-state index in [1.807, 2.05) is 60.0 Å². The average molecular weight is 374 g/mol. The molecule has 4 rings (SSSR count). The Morgan fingerprint density at radius 1 is 1.07 bits per heavy atom. The Kier molecular flexibility index (Phi) is 4.41. The number of aromatic nitrogens is 1. The summed E-state index contributed by atoms with van der Waals surface area (Å²) in [6.45, 7) is 2.11. The molecule has 140 valence electrons. The van der Waals surface area contributed by atoms with E-state index in [0.717, 1.165) is 27.7 Å². The van der Waals surface area contributed by atoms with E-state index in [9.17, 15) is 14.4 Å². The van der Waals surface area contributed by atoms with Gasteiger partial charge in [-0.3, -0.25) is 14.9 Å². The van der Waals surface area contributed by atoms with Crippen molar-refractivity contribution in [3.05, 3.63) is 71.6 Å². The Balaban J connectivity index is 1.62. The number of fused-ring (bicyclic) bond motifs is 1. The lowest BCUT2D eigenvalue weighted by atomic mass is 10.1. The zero-order chi connectivity index (χ0) is 19.7. The first-order chi connectivity index (χ1) is 13.5. The van der Waals surface area contributed by atoms with E-state index in [1.165, 1.54) is 0 Å². The van der Waals surface area contributed by atoms with E-state index in [-0.39, 0.29) is 18.1 Å². The Bertz CT molecular complexity index is 1130. The van der Waals surface area contributed by atoms with Crippen LogP contribution in [0.2, 0.25) is 0 Å². The number of carbonyl (C=O) groups is 3. The summed E-state index contributed by atoms with van der Waals surface area (Å²) in [6, 6.07) is 14.6. The highest BCUT2D eigenvalue weighted by Crippen LogP contribution is 2.24. The lowest BCUT2D eigenvalue weighted by Crippen LogP contribution is -2.22. The molecule has 0 bridgehead atoms. The van der Waals surface area contributed by atoms with Crippen LogP contribution in [0, 0.1) is 6.92 Å². The van der Waals surface area contributed by atoms with Gasteiger partial charge in [0.2, 0.25) is 5.91 Å². The highest BCUT2D eigenvalue weighted by molar-refractivity contribution is 6.14. The first-order valence-electron chi connectivity index (χ1n) is 8.78. The van der Waals surface area contributed by atoms with Gasteiger partial charge < -0.3 is 15.2 Å². The second kappa shape index (κ2) is 7.03. The summed E-state index contributed by atoms with van der Waals surface area (Å²) in [5.41, 5.74) is 3.64. The fourth-order valence-electron chi connectivity index (χ4n) is 3.15. The zero-order valence-electron chi connectivity index (χ0n) is 15.2. The molecule has 3 N–H and O–H groups in total. The molecule has 28 heavy (non-hydrogen) atoms. The Labute approximate surface area is 161 Å². The molecular formula is C21H18N4O3. The van der Waals surface area contributed by atoms with Crippen LogP contribution in [0.3, 0.4) is 0 Å². The van der Waals surface area contributed by atoms with Crippen molar-refractivity contribution < 1.29 is 14.4 Å². The van der Waals surface area contributed by atoms with E-state index in [0.29, 0.717) is 0 Å². The summed E-state index contributed by atoms with van der Waals surface area (Å²) in [6.07, 6.45) is 3.40. The molecule has 0 spiro atoms. The van der Waals surface area contributed by atoms with E-state index < -0.39 is 11.9 Å². The highest BCUT2D eigenvalue weighted by Gasteiger charge is 2.23. The molecule has 1 aliphatic rings. The van der Waals surface area contributed by atoms with Crippen molar-refractivity contribution in [2.24, 2.45) is 0 Å². The second-order valence-electron chi connectivity index (χ2n) is 6.61. The number of imide groups is 1. The average Bonchev–Trinajstić information content (AvgIpc) is 3.17. The molecule has 7 nitrogen and oxygen atoms in total. The van der Waals surface area contributed by atoms with Gasteiger partial charge in [-0.2, -0.15) is 0 Å². The number of benzene rings is 2. The van der Waals surface area contributed by atoms with Crippen LogP contribution in [0.4, 0.5) is 10.5 Å². The molecule has 4 amide bonds. The van der Waals surface area contributed by atoms with Crippen molar-refractivity contribution in [2.45, 2.75) is 13.5 Å². The topological polar surface area (TPSA) is 92.2 Å². The Morgan fingerprint density at radius 2 is 1.82 bits per heavy atom. The van der Waals surface area contributed by atoms with Crippen LogP contribution in [0.15, 0.2) is 60.4 Å². The number of anilines is 1. The van der Waals surface area contributed by atoms with Gasteiger partial charge in [-0.1, -0.05) is 35.9 Å². The van der Waals surface area contributed by atoms with E-state index in [1.54, 1.807) is 12.3 Å². The molecule has 1 aromatic heterocycles. The lowest BCUT2D eigenvalue weighted by molar-refractivity contribution is -0.117. The summed E-state index contributed by atoms with van der Waals surface area (Å²) in [5, 5.41) is 8.42. The van der Waals surface area contributed by atoms with Crippen LogP contribution in [0.5, 0.6) is 0 Å². The van der Waals surface area contributed by atoms with Gasteiger partial charge >= 0.3 is 6.03 Å². The molecule has 0 unspecified atom stereocenters. The zero-order valence-corrected chi connectivity index (χ0v) is 15.2. The summed E-state index contributed by atoms with van der Waals surface area (Å²) >= 11 is 0. The molecule has 0 atom stereocenters. The summed E-state index contributed by atoms with van der Waals surface area (Å²) in [4.78, 5) is 35.6. The minimum Gasteiger partial charge on any atom is -0.337 e. The molecule has 3 aromatic rings. The van der Waals surface area contributed by atoms with Crippen LogP contribution in [-0.2, 0) is 16.1 Å². The van der Waals surface area contributed by atoms with Gasteiger partial charge in [0.15, 0.2) is 0 Å². The third-order valence-corrected chi connectivity index (χ3v) is 4.49. The number of nitrogens with zero attached hydrogens (tertiary/aromatic N) is 1. The fourth-order valence-corrected chi connectivity index (χ4v) is 3.15. The molecule has 2 heterocycles. The number of amides is 4. The maximum Gasteiger partial charge on any atom is 0.326 e. The van der Waals surface area contributed by atoms with Gasteiger partial charge in [0, 0.05) is 28.4 Å². The predicted octanol–water partition coefficient (Wildman–Crippen LogP) is 2.77. The smallest absolute Gasteiger partial charge is 0.326 e. The summed E-state index contributed by atoms with van der Waals surface area (Å²) in [7, 11) is 0. The molecule has 0 aliphatic carbocycles. The predicted molar refractivity (Wildman–Crippen MR) is 106 cm³/mol. The van der Waals surface area contributed by atoms with Crippen LogP contribution in [-0.4, -0.2) is 22.4 Å². The van der Waals surface area contributed by atoms with Gasteiger partial charge in [0.25, 0.3) is 5.91 Å². The molecule has 7 heteroatoms. The van der Waals surface area contributed by atoms with Crippen LogP contribution < -0.4 is 16.0 Å². The van der Waals surface area contributed by atoms with Gasteiger partial charge in [-0.15, -0.1) is 0 Å². The first-order valence-corrected chi connectivity index (χ1v) is 8.78. The third kappa shape index (κ3) is 3.50. The maximum absolute atomic E-state index is 12.5. The molecule has 0 saturated carbocycles. The van der Waals surface area contributed by atoms with Gasteiger partial charge in [0.1, 0.15) is 12.2 Å². The lowest BCUT2D eigenvalue weighted by Gasteiger charge is -2.07. The van der Waals surface area contributed by atoms with Crippen molar-refractivity contribution >= 4 is 40.5 Å². The number of para-hydroxylation sites is 1. The van der Waals surface area contributed by atoms with Crippen LogP contribution in [0.25, 0.3) is 17.0 Å². The second-order valence-corrected chi connectivity index (χ2v) is 6.61. The standard InChI is InChI=1S/C21H18N4O3/c1-13-6-8-15(9-7-13)22-19(26)12-25-11-14(16-4-2-3-5-18(16)25)10-17-20(27)24-21(28)23-17/h2-11H,12H2,1H3,(H,22,26)(H2,23,24,27,28)/b17-10-.